The Morgan fingerprint density at radius 3 is 2.38 bits per heavy atom. The average Bonchev–Trinajstić information content (AvgIpc) is 2.53. The standard InChI is InChI=1S/C11H11F2N3/c1-6-3-9(13)10(4-8(6)12)16-5-7(2)11(14)15-16/h3-5H,1-2H3,(H2,14,15). The minimum Gasteiger partial charge on any atom is -0.382 e. The summed E-state index contributed by atoms with van der Waals surface area (Å²) in [4.78, 5) is 0. The maximum Gasteiger partial charge on any atom is 0.149 e. The number of aromatic nitrogens is 2. The van der Waals surface area contributed by atoms with Crippen molar-refractivity contribution in [3.05, 3.63) is 41.1 Å². The molecule has 0 unspecified atom stereocenters. The number of halogens is 2. The summed E-state index contributed by atoms with van der Waals surface area (Å²) in [5.41, 5.74) is 6.59. The molecule has 16 heavy (non-hydrogen) atoms. The van der Waals surface area contributed by atoms with Gasteiger partial charge >= 0.3 is 0 Å². The van der Waals surface area contributed by atoms with Crippen molar-refractivity contribution in [3.8, 4) is 5.69 Å². The Labute approximate surface area is 91.5 Å². The van der Waals surface area contributed by atoms with Crippen LogP contribution in [0.4, 0.5) is 14.6 Å². The number of nitrogen functional groups attached to an aromatic ring is 1. The summed E-state index contributed by atoms with van der Waals surface area (Å²) in [6.07, 6.45) is 1.56. The number of nitrogens with zero attached hydrogens (tertiary/aromatic N) is 2. The van der Waals surface area contributed by atoms with Crippen molar-refractivity contribution >= 4 is 5.82 Å². The molecule has 0 saturated heterocycles. The largest absolute Gasteiger partial charge is 0.382 e. The Kier molecular flexibility index (Phi) is 2.38. The fourth-order valence-electron chi connectivity index (χ4n) is 1.41. The number of aryl methyl sites for hydroxylation is 2. The molecule has 0 spiro atoms. The summed E-state index contributed by atoms with van der Waals surface area (Å²) in [6, 6.07) is 2.24. The van der Waals surface area contributed by atoms with E-state index in [1.165, 1.54) is 11.6 Å². The van der Waals surface area contributed by atoms with Crippen molar-refractivity contribution in [1.82, 2.24) is 9.78 Å². The molecule has 2 aromatic rings. The lowest BCUT2D eigenvalue weighted by Crippen LogP contribution is -2.01. The lowest BCUT2D eigenvalue weighted by molar-refractivity contribution is 0.580. The minimum atomic E-state index is -0.526. The third-order valence-electron chi connectivity index (χ3n) is 2.41. The predicted molar refractivity (Wildman–Crippen MR) is 57.4 cm³/mol. The maximum atomic E-state index is 13.6. The Morgan fingerprint density at radius 1 is 1.12 bits per heavy atom. The minimum absolute atomic E-state index is 0.0582. The van der Waals surface area contributed by atoms with Crippen molar-refractivity contribution in [2.75, 3.05) is 5.73 Å². The van der Waals surface area contributed by atoms with Gasteiger partial charge in [-0.15, -0.1) is 0 Å². The molecule has 0 radical (unpaired) electrons. The molecule has 1 aromatic carbocycles. The second-order valence-electron chi connectivity index (χ2n) is 3.69. The van der Waals surface area contributed by atoms with Crippen LogP contribution in [0.25, 0.3) is 5.69 Å². The zero-order valence-corrected chi connectivity index (χ0v) is 8.96. The Balaban J connectivity index is 2.60. The molecule has 0 atom stereocenters. The first kappa shape index (κ1) is 10.6. The number of benzene rings is 1. The van der Waals surface area contributed by atoms with Gasteiger partial charge in [-0.1, -0.05) is 0 Å². The van der Waals surface area contributed by atoms with E-state index in [0.717, 1.165) is 17.7 Å². The topological polar surface area (TPSA) is 43.8 Å². The highest BCUT2D eigenvalue weighted by Crippen LogP contribution is 2.19. The second kappa shape index (κ2) is 3.59. The Hall–Kier alpha value is -1.91. The quantitative estimate of drug-likeness (QED) is 0.806. The molecule has 0 amide bonds. The van der Waals surface area contributed by atoms with Crippen molar-refractivity contribution < 1.29 is 8.78 Å². The van der Waals surface area contributed by atoms with Crippen molar-refractivity contribution in [1.29, 1.82) is 0 Å². The highest BCUT2D eigenvalue weighted by atomic mass is 19.1. The number of anilines is 1. The molecule has 0 bridgehead atoms. The zero-order chi connectivity index (χ0) is 11.9. The van der Waals surface area contributed by atoms with Gasteiger partial charge in [-0.3, -0.25) is 0 Å². The first-order valence-corrected chi connectivity index (χ1v) is 4.77. The van der Waals surface area contributed by atoms with Crippen LogP contribution in [0.2, 0.25) is 0 Å². The van der Waals surface area contributed by atoms with E-state index in [1.54, 1.807) is 13.1 Å². The van der Waals surface area contributed by atoms with Crippen LogP contribution in [-0.2, 0) is 0 Å². The predicted octanol–water partition coefficient (Wildman–Crippen LogP) is 2.35. The van der Waals surface area contributed by atoms with E-state index in [1.807, 2.05) is 0 Å². The van der Waals surface area contributed by atoms with Crippen LogP contribution in [0.15, 0.2) is 18.3 Å². The molecule has 1 aromatic heterocycles. The summed E-state index contributed by atoms with van der Waals surface area (Å²) < 4.78 is 28.1. The van der Waals surface area contributed by atoms with E-state index in [9.17, 15) is 8.78 Å². The number of hydrogen-bond acceptors (Lipinski definition) is 2. The molecule has 0 aliphatic carbocycles. The Bertz CT molecular complexity index is 527. The van der Waals surface area contributed by atoms with Gasteiger partial charge in [0.25, 0.3) is 0 Å². The molecule has 5 heteroatoms. The van der Waals surface area contributed by atoms with Crippen molar-refractivity contribution in [2.24, 2.45) is 0 Å². The van der Waals surface area contributed by atoms with Crippen LogP contribution < -0.4 is 5.73 Å². The van der Waals surface area contributed by atoms with Gasteiger partial charge in [0.1, 0.15) is 23.1 Å². The lowest BCUT2D eigenvalue weighted by Gasteiger charge is -2.05. The van der Waals surface area contributed by atoms with Gasteiger partial charge in [0, 0.05) is 17.8 Å². The van der Waals surface area contributed by atoms with Crippen LogP contribution in [0.3, 0.4) is 0 Å². The van der Waals surface area contributed by atoms with E-state index >= 15 is 0 Å². The molecular formula is C11H11F2N3. The molecule has 1 heterocycles. The van der Waals surface area contributed by atoms with Gasteiger partial charge in [0.2, 0.25) is 0 Å². The first-order chi connectivity index (χ1) is 7.49. The molecule has 0 aliphatic rings. The molecule has 3 nitrogen and oxygen atoms in total. The fraction of sp³-hybridized carbons (Fsp3) is 0.182. The highest BCUT2D eigenvalue weighted by Gasteiger charge is 2.11. The number of rotatable bonds is 1. The molecule has 84 valence electrons. The van der Waals surface area contributed by atoms with Crippen LogP contribution >= 0.6 is 0 Å². The SMILES string of the molecule is Cc1cc(F)c(-n2cc(C)c(N)n2)cc1F. The van der Waals surface area contributed by atoms with Gasteiger partial charge in [-0.05, 0) is 25.5 Å². The average molecular weight is 223 g/mol. The highest BCUT2D eigenvalue weighted by molar-refractivity contribution is 5.42. The van der Waals surface area contributed by atoms with Crippen LogP contribution in [0, 0.1) is 25.5 Å². The molecule has 0 saturated carbocycles. The van der Waals surface area contributed by atoms with Gasteiger partial charge in [0.15, 0.2) is 0 Å². The van der Waals surface area contributed by atoms with E-state index < -0.39 is 11.6 Å². The molecule has 0 aliphatic heterocycles. The van der Waals surface area contributed by atoms with E-state index in [-0.39, 0.29) is 11.3 Å². The van der Waals surface area contributed by atoms with Crippen LogP contribution in [0.5, 0.6) is 0 Å². The summed E-state index contributed by atoms with van der Waals surface area (Å²) >= 11 is 0. The summed E-state index contributed by atoms with van der Waals surface area (Å²) in [5.74, 6) is -0.690. The summed E-state index contributed by atoms with van der Waals surface area (Å²) in [5, 5.41) is 3.90. The van der Waals surface area contributed by atoms with Gasteiger partial charge in [-0.25, -0.2) is 13.5 Å². The van der Waals surface area contributed by atoms with Gasteiger partial charge in [0.05, 0.1) is 0 Å². The number of nitrogens with two attached hydrogens (primary N) is 1. The Morgan fingerprint density at radius 2 is 1.81 bits per heavy atom. The van der Waals surface area contributed by atoms with E-state index in [4.69, 9.17) is 5.73 Å². The lowest BCUT2D eigenvalue weighted by atomic mass is 10.2. The zero-order valence-electron chi connectivity index (χ0n) is 8.96. The van der Waals surface area contributed by atoms with Gasteiger partial charge < -0.3 is 5.73 Å². The number of hydrogen-bond donors (Lipinski definition) is 1. The summed E-state index contributed by atoms with van der Waals surface area (Å²) in [6.45, 7) is 3.26. The normalized spacial score (nSPS) is 10.8. The van der Waals surface area contributed by atoms with E-state index in [0.29, 0.717) is 5.82 Å². The van der Waals surface area contributed by atoms with Crippen molar-refractivity contribution in [3.63, 3.8) is 0 Å². The van der Waals surface area contributed by atoms with Gasteiger partial charge in [-0.2, -0.15) is 5.10 Å². The third kappa shape index (κ3) is 1.64. The van der Waals surface area contributed by atoms with Crippen molar-refractivity contribution in [2.45, 2.75) is 13.8 Å². The fourth-order valence-corrected chi connectivity index (χ4v) is 1.41. The molecule has 2 N–H and O–H groups in total. The maximum absolute atomic E-state index is 13.6. The molecular weight excluding hydrogens is 212 g/mol. The van der Waals surface area contributed by atoms with E-state index in [2.05, 4.69) is 5.10 Å². The molecule has 0 fully saturated rings. The smallest absolute Gasteiger partial charge is 0.149 e. The monoisotopic (exact) mass is 223 g/mol. The third-order valence-corrected chi connectivity index (χ3v) is 2.41. The van der Waals surface area contributed by atoms with Crippen LogP contribution in [0.1, 0.15) is 11.1 Å². The molecule has 2 rings (SSSR count). The first-order valence-electron chi connectivity index (χ1n) is 4.77. The second-order valence-corrected chi connectivity index (χ2v) is 3.69. The summed E-state index contributed by atoms with van der Waals surface area (Å²) in [7, 11) is 0. The van der Waals surface area contributed by atoms with Crippen LogP contribution in [-0.4, -0.2) is 9.78 Å².